The first-order valence-electron chi connectivity index (χ1n) is 9.98. The summed E-state index contributed by atoms with van der Waals surface area (Å²) in [4.78, 5) is 14.2. The largest absolute Gasteiger partial charge is 0.408 e. The van der Waals surface area contributed by atoms with E-state index < -0.39 is 52.0 Å². The first-order valence-corrected chi connectivity index (χ1v) is 11.4. The van der Waals surface area contributed by atoms with Gasteiger partial charge < -0.3 is 10.0 Å². The number of halogens is 4. The zero-order chi connectivity index (χ0) is 24.8. The Kier molecular flexibility index (Phi) is 5.97. The number of fused-ring (bicyclic) bond motifs is 1. The van der Waals surface area contributed by atoms with Gasteiger partial charge in [0.2, 0.25) is 10.9 Å². The van der Waals surface area contributed by atoms with Crippen LogP contribution in [0.3, 0.4) is 0 Å². The van der Waals surface area contributed by atoms with Gasteiger partial charge in [0, 0.05) is 35.6 Å². The molecule has 1 N–H and O–H groups in total. The van der Waals surface area contributed by atoms with E-state index in [1.54, 1.807) is 6.07 Å². The van der Waals surface area contributed by atoms with Gasteiger partial charge in [-0.05, 0) is 13.0 Å². The molecule has 4 rings (SSSR count). The van der Waals surface area contributed by atoms with Crippen LogP contribution in [0.5, 0.6) is 0 Å². The molecule has 1 aliphatic heterocycles. The number of aliphatic hydroxyl groups excluding tert-OH is 1. The highest BCUT2D eigenvalue weighted by atomic mass is 32.2. The summed E-state index contributed by atoms with van der Waals surface area (Å²) >= 11 is 0. The minimum absolute atomic E-state index is 0.0207. The van der Waals surface area contributed by atoms with Crippen LogP contribution in [0.4, 0.5) is 17.6 Å². The lowest BCUT2D eigenvalue weighted by Gasteiger charge is -2.22. The Bertz CT molecular complexity index is 1330. The van der Waals surface area contributed by atoms with Crippen molar-refractivity contribution in [1.82, 2.24) is 23.9 Å². The van der Waals surface area contributed by atoms with E-state index >= 15 is 0 Å². The third kappa shape index (κ3) is 4.42. The minimum atomic E-state index is -4.57. The number of hydrogen-bond acceptors (Lipinski definition) is 6. The normalized spacial score (nSPS) is 14.9. The average molecular weight is 501 g/mol. The number of rotatable bonds is 6. The van der Waals surface area contributed by atoms with Crippen molar-refractivity contribution in [1.29, 1.82) is 0 Å². The zero-order valence-electron chi connectivity index (χ0n) is 17.7. The molecule has 0 aliphatic carbocycles. The first kappa shape index (κ1) is 23.9. The Balaban J connectivity index is 1.54. The molecule has 0 spiro atoms. The Labute approximate surface area is 191 Å². The van der Waals surface area contributed by atoms with Crippen molar-refractivity contribution in [3.63, 3.8) is 0 Å². The van der Waals surface area contributed by atoms with Crippen LogP contribution < -0.4 is 0 Å². The third-order valence-corrected chi connectivity index (χ3v) is 6.93. The van der Waals surface area contributed by atoms with Crippen LogP contribution in [0.1, 0.15) is 28.3 Å². The molecule has 1 amide bonds. The van der Waals surface area contributed by atoms with E-state index in [4.69, 9.17) is 0 Å². The molecular weight excluding hydrogens is 482 g/mol. The molecule has 0 fully saturated rings. The lowest BCUT2D eigenvalue weighted by atomic mass is 9.98. The fourth-order valence-corrected chi connectivity index (χ4v) is 5.12. The molecule has 1 atom stereocenters. The van der Waals surface area contributed by atoms with Crippen LogP contribution in [0.25, 0.3) is 0 Å². The number of amides is 1. The second kappa shape index (κ2) is 8.51. The van der Waals surface area contributed by atoms with Gasteiger partial charge in [0.05, 0.1) is 24.8 Å². The van der Waals surface area contributed by atoms with E-state index in [0.717, 1.165) is 12.4 Å². The molecule has 1 aromatic carbocycles. The topological polar surface area (TPSA) is 110 Å². The van der Waals surface area contributed by atoms with Crippen LogP contribution in [-0.4, -0.2) is 56.1 Å². The molecule has 0 bridgehead atoms. The minimum Gasteiger partial charge on any atom is -0.395 e. The number of aliphatic hydroxyl groups is 1. The van der Waals surface area contributed by atoms with Crippen molar-refractivity contribution in [3.05, 3.63) is 64.9 Å². The smallest absolute Gasteiger partial charge is 0.395 e. The highest BCUT2D eigenvalue weighted by Gasteiger charge is 2.35. The molecule has 1 aliphatic rings. The fourth-order valence-electron chi connectivity index (χ4n) is 3.81. The maximum absolute atomic E-state index is 14.1. The Morgan fingerprint density at radius 2 is 1.88 bits per heavy atom. The number of hydrogen-bond donors (Lipinski definition) is 1. The maximum atomic E-state index is 14.1. The van der Waals surface area contributed by atoms with Crippen molar-refractivity contribution in [2.24, 2.45) is 0 Å². The summed E-state index contributed by atoms with van der Waals surface area (Å²) in [6.07, 6.45) is -2.43. The van der Waals surface area contributed by atoms with E-state index in [9.17, 15) is 35.9 Å². The SMILES string of the molecule is Cc1cn(CC(F)(F)F)nc1S(=O)(=O)n1cc2c(n1)CN(C(=O)[C@@H](CO)c1ccccc1F)C2. The van der Waals surface area contributed by atoms with Crippen LogP contribution in [0, 0.1) is 12.7 Å². The highest BCUT2D eigenvalue weighted by Crippen LogP contribution is 2.29. The second-order valence-corrected chi connectivity index (χ2v) is 9.57. The molecule has 0 unspecified atom stereocenters. The van der Waals surface area contributed by atoms with Gasteiger partial charge in [-0.15, -0.1) is 0 Å². The second-order valence-electron chi connectivity index (χ2n) is 7.86. The number of nitrogens with zero attached hydrogens (tertiary/aromatic N) is 5. The number of aryl methyl sites for hydroxylation is 1. The summed E-state index contributed by atoms with van der Waals surface area (Å²) < 4.78 is 79.0. The first-order chi connectivity index (χ1) is 15.9. The molecule has 0 saturated heterocycles. The Morgan fingerprint density at radius 3 is 2.50 bits per heavy atom. The molecule has 0 radical (unpaired) electrons. The summed E-state index contributed by atoms with van der Waals surface area (Å²) in [7, 11) is -4.38. The third-order valence-electron chi connectivity index (χ3n) is 5.36. The van der Waals surface area contributed by atoms with Crippen LogP contribution in [-0.2, 0) is 34.5 Å². The summed E-state index contributed by atoms with van der Waals surface area (Å²) in [5, 5.41) is 16.7. The number of benzene rings is 1. The lowest BCUT2D eigenvalue weighted by Crippen LogP contribution is -2.33. The molecule has 3 aromatic rings. The zero-order valence-corrected chi connectivity index (χ0v) is 18.5. The predicted octanol–water partition coefficient (Wildman–Crippen LogP) is 1.94. The Hall–Kier alpha value is -3.26. The Morgan fingerprint density at radius 1 is 1.18 bits per heavy atom. The lowest BCUT2D eigenvalue weighted by molar-refractivity contribution is -0.142. The number of aromatic nitrogens is 4. The molecule has 14 heteroatoms. The summed E-state index contributed by atoms with van der Waals surface area (Å²) in [6, 6.07) is 5.58. The van der Waals surface area contributed by atoms with Gasteiger partial charge in [0.1, 0.15) is 12.4 Å². The van der Waals surface area contributed by atoms with Crippen molar-refractivity contribution in [3.8, 4) is 0 Å². The highest BCUT2D eigenvalue weighted by molar-refractivity contribution is 7.89. The van der Waals surface area contributed by atoms with Crippen LogP contribution in [0.15, 0.2) is 41.7 Å². The van der Waals surface area contributed by atoms with Gasteiger partial charge in [-0.2, -0.15) is 35.9 Å². The fraction of sp³-hybridized carbons (Fsp3) is 0.350. The summed E-state index contributed by atoms with van der Waals surface area (Å²) in [5.41, 5.74) is 0.716. The van der Waals surface area contributed by atoms with Crippen molar-refractivity contribution in [2.75, 3.05) is 6.61 Å². The van der Waals surface area contributed by atoms with E-state index in [-0.39, 0.29) is 29.9 Å². The van der Waals surface area contributed by atoms with Gasteiger partial charge in [-0.3, -0.25) is 9.48 Å². The predicted molar refractivity (Wildman–Crippen MR) is 108 cm³/mol. The van der Waals surface area contributed by atoms with Crippen LogP contribution >= 0.6 is 0 Å². The standard InChI is InChI=1S/C20H19F4N5O4S/c1-12-6-28(11-20(22,23)24)26-18(12)34(32,33)29-8-13-7-27(9-17(13)25-29)19(31)15(10-30)14-4-2-3-5-16(14)21/h2-6,8,15,30H,7,9-11H2,1H3/t15-/m0/s1. The molecule has 0 saturated carbocycles. The van der Waals surface area contributed by atoms with E-state index in [2.05, 4.69) is 10.2 Å². The molecule has 3 heterocycles. The number of carbonyl (C=O) groups excluding carboxylic acids is 1. The van der Waals surface area contributed by atoms with Crippen molar-refractivity contribution >= 4 is 15.9 Å². The van der Waals surface area contributed by atoms with Gasteiger partial charge in [0.15, 0.2) is 0 Å². The molecule has 2 aromatic heterocycles. The number of carbonyl (C=O) groups is 1. The van der Waals surface area contributed by atoms with Gasteiger partial charge in [0.25, 0.3) is 0 Å². The van der Waals surface area contributed by atoms with Gasteiger partial charge >= 0.3 is 16.2 Å². The van der Waals surface area contributed by atoms with Gasteiger partial charge in [-0.1, -0.05) is 18.2 Å². The van der Waals surface area contributed by atoms with E-state index in [0.29, 0.717) is 14.3 Å². The van der Waals surface area contributed by atoms with E-state index in [1.165, 1.54) is 30.0 Å². The monoisotopic (exact) mass is 501 g/mol. The molecular formula is C20H19F4N5O4S. The van der Waals surface area contributed by atoms with Crippen LogP contribution in [0.2, 0.25) is 0 Å². The average Bonchev–Trinajstić information content (AvgIpc) is 3.42. The maximum Gasteiger partial charge on any atom is 0.408 e. The molecule has 9 nitrogen and oxygen atoms in total. The van der Waals surface area contributed by atoms with E-state index in [1.807, 2.05) is 0 Å². The molecule has 34 heavy (non-hydrogen) atoms. The quantitative estimate of drug-likeness (QED) is 0.517. The van der Waals surface area contributed by atoms with Crippen molar-refractivity contribution < 1.29 is 35.9 Å². The number of alkyl halides is 3. The molecule has 182 valence electrons. The summed E-state index contributed by atoms with van der Waals surface area (Å²) in [5.74, 6) is -2.33. The van der Waals surface area contributed by atoms with Crippen molar-refractivity contribution in [2.45, 2.75) is 43.7 Å². The summed E-state index contributed by atoms with van der Waals surface area (Å²) in [6.45, 7) is -0.854. The van der Waals surface area contributed by atoms with Gasteiger partial charge in [-0.25, -0.2) is 4.39 Å².